The standard InChI is InChI=1S/C16H17NO2S/c1-13-6-5-7-14-10-11-17(12-16(13)14)20(18,19)15-8-3-2-4-9-15/h2-9H,10-12H2,1H3. The van der Waals surface area contributed by atoms with E-state index in [0.717, 1.165) is 17.5 Å². The number of benzene rings is 2. The molecule has 4 heteroatoms. The van der Waals surface area contributed by atoms with Gasteiger partial charge >= 0.3 is 0 Å². The molecule has 0 spiro atoms. The van der Waals surface area contributed by atoms with Gasteiger partial charge in [-0.1, -0.05) is 36.4 Å². The van der Waals surface area contributed by atoms with Crippen molar-refractivity contribution in [2.75, 3.05) is 6.54 Å². The van der Waals surface area contributed by atoms with E-state index in [2.05, 4.69) is 6.07 Å². The molecule has 20 heavy (non-hydrogen) atoms. The summed E-state index contributed by atoms with van der Waals surface area (Å²) >= 11 is 0. The monoisotopic (exact) mass is 287 g/mol. The normalized spacial score (nSPS) is 15.8. The Morgan fingerprint density at radius 3 is 2.50 bits per heavy atom. The maximum Gasteiger partial charge on any atom is 0.243 e. The van der Waals surface area contributed by atoms with Crippen LogP contribution in [-0.4, -0.2) is 19.3 Å². The fourth-order valence-corrected chi connectivity index (χ4v) is 4.10. The van der Waals surface area contributed by atoms with E-state index in [1.807, 2.05) is 25.1 Å². The predicted molar refractivity (Wildman–Crippen MR) is 78.9 cm³/mol. The van der Waals surface area contributed by atoms with Crippen molar-refractivity contribution in [1.29, 1.82) is 0 Å². The van der Waals surface area contributed by atoms with Gasteiger partial charge in [-0.05, 0) is 42.2 Å². The molecule has 0 aliphatic carbocycles. The van der Waals surface area contributed by atoms with Gasteiger partial charge in [0.05, 0.1) is 4.90 Å². The van der Waals surface area contributed by atoms with Crippen LogP contribution in [0.1, 0.15) is 16.7 Å². The van der Waals surface area contributed by atoms with E-state index in [-0.39, 0.29) is 0 Å². The first-order valence-corrected chi connectivity index (χ1v) is 8.15. The van der Waals surface area contributed by atoms with Crippen LogP contribution in [0.2, 0.25) is 0 Å². The minimum atomic E-state index is -3.39. The summed E-state index contributed by atoms with van der Waals surface area (Å²) in [5, 5.41) is 0. The lowest BCUT2D eigenvalue weighted by molar-refractivity contribution is 0.390. The van der Waals surface area contributed by atoms with Gasteiger partial charge < -0.3 is 0 Å². The minimum Gasteiger partial charge on any atom is -0.207 e. The summed E-state index contributed by atoms with van der Waals surface area (Å²) in [4.78, 5) is 0.372. The number of fused-ring (bicyclic) bond motifs is 1. The molecule has 1 aliphatic rings. The zero-order valence-corrected chi connectivity index (χ0v) is 12.2. The third-order valence-corrected chi connectivity index (χ3v) is 5.71. The van der Waals surface area contributed by atoms with Crippen molar-refractivity contribution in [3.63, 3.8) is 0 Å². The van der Waals surface area contributed by atoms with E-state index >= 15 is 0 Å². The summed E-state index contributed by atoms with van der Waals surface area (Å²) in [7, 11) is -3.39. The third kappa shape index (κ3) is 2.25. The van der Waals surface area contributed by atoms with E-state index in [1.165, 1.54) is 5.56 Å². The smallest absolute Gasteiger partial charge is 0.207 e. The Bertz CT molecular complexity index is 723. The van der Waals surface area contributed by atoms with Crippen molar-refractivity contribution in [3.05, 3.63) is 65.2 Å². The molecule has 0 saturated heterocycles. The van der Waals surface area contributed by atoms with Crippen LogP contribution in [0.4, 0.5) is 0 Å². The second-order valence-corrected chi connectivity index (χ2v) is 7.05. The summed E-state index contributed by atoms with van der Waals surface area (Å²) < 4.78 is 26.8. The first-order chi connectivity index (χ1) is 9.59. The molecule has 0 amide bonds. The van der Waals surface area contributed by atoms with Gasteiger partial charge in [0.25, 0.3) is 0 Å². The van der Waals surface area contributed by atoms with Gasteiger partial charge in [-0.15, -0.1) is 0 Å². The molecule has 2 aromatic rings. The molecule has 3 rings (SSSR count). The maximum absolute atomic E-state index is 12.6. The molecule has 0 fully saturated rings. The summed E-state index contributed by atoms with van der Waals surface area (Å²) in [6, 6.07) is 14.8. The van der Waals surface area contributed by atoms with Crippen LogP contribution >= 0.6 is 0 Å². The van der Waals surface area contributed by atoms with Crippen molar-refractivity contribution >= 4 is 10.0 Å². The quantitative estimate of drug-likeness (QED) is 0.851. The second kappa shape index (κ2) is 5.04. The van der Waals surface area contributed by atoms with Crippen LogP contribution in [-0.2, 0) is 23.0 Å². The molecular formula is C16H17NO2S. The molecule has 0 saturated carbocycles. The molecule has 3 nitrogen and oxygen atoms in total. The van der Waals surface area contributed by atoms with E-state index in [1.54, 1.807) is 28.6 Å². The van der Waals surface area contributed by atoms with E-state index in [0.29, 0.717) is 18.0 Å². The minimum absolute atomic E-state index is 0.372. The molecule has 104 valence electrons. The van der Waals surface area contributed by atoms with Gasteiger partial charge in [-0.3, -0.25) is 0 Å². The average Bonchev–Trinajstić information content (AvgIpc) is 2.48. The SMILES string of the molecule is Cc1cccc2c1CN(S(=O)(=O)c1ccccc1)CC2. The van der Waals surface area contributed by atoms with Crippen LogP contribution in [0.5, 0.6) is 0 Å². The Kier molecular flexibility index (Phi) is 3.36. The molecule has 0 radical (unpaired) electrons. The van der Waals surface area contributed by atoms with Crippen LogP contribution in [0.15, 0.2) is 53.4 Å². The molecule has 0 N–H and O–H groups in total. The van der Waals surface area contributed by atoms with Crippen molar-refractivity contribution in [2.45, 2.75) is 24.8 Å². The Balaban J connectivity index is 1.96. The Labute approximate surface area is 119 Å². The van der Waals surface area contributed by atoms with Crippen molar-refractivity contribution in [1.82, 2.24) is 4.31 Å². The predicted octanol–water partition coefficient (Wildman–Crippen LogP) is 2.74. The lowest BCUT2D eigenvalue weighted by Crippen LogP contribution is -2.36. The van der Waals surface area contributed by atoms with E-state index in [4.69, 9.17) is 0 Å². The Hall–Kier alpha value is -1.65. The fourth-order valence-electron chi connectivity index (χ4n) is 2.67. The van der Waals surface area contributed by atoms with Gasteiger partial charge in [-0.2, -0.15) is 4.31 Å². The maximum atomic E-state index is 12.6. The highest BCUT2D eigenvalue weighted by atomic mass is 32.2. The Morgan fingerprint density at radius 1 is 1.00 bits per heavy atom. The fraction of sp³-hybridized carbons (Fsp3) is 0.250. The highest BCUT2D eigenvalue weighted by Gasteiger charge is 2.28. The van der Waals surface area contributed by atoms with Gasteiger partial charge in [0.1, 0.15) is 0 Å². The topological polar surface area (TPSA) is 37.4 Å². The number of sulfonamides is 1. The van der Waals surface area contributed by atoms with Gasteiger partial charge in [0.15, 0.2) is 0 Å². The summed E-state index contributed by atoms with van der Waals surface area (Å²) in [6.07, 6.45) is 0.781. The number of nitrogens with zero attached hydrogens (tertiary/aromatic N) is 1. The number of hydrogen-bond donors (Lipinski definition) is 0. The first kappa shape index (κ1) is 13.3. The zero-order chi connectivity index (χ0) is 14.2. The summed E-state index contributed by atoms with van der Waals surface area (Å²) in [5.41, 5.74) is 3.58. The van der Waals surface area contributed by atoms with Gasteiger partial charge in [0, 0.05) is 13.1 Å². The van der Waals surface area contributed by atoms with Crippen molar-refractivity contribution < 1.29 is 8.42 Å². The Morgan fingerprint density at radius 2 is 1.75 bits per heavy atom. The third-order valence-electron chi connectivity index (χ3n) is 3.85. The van der Waals surface area contributed by atoms with Crippen LogP contribution in [0, 0.1) is 6.92 Å². The summed E-state index contributed by atoms with van der Waals surface area (Å²) in [6.45, 7) is 3.06. The highest BCUT2D eigenvalue weighted by Crippen LogP contribution is 2.26. The molecule has 0 unspecified atom stereocenters. The molecule has 0 atom stereocenters. The number of rotatable bonds is 2. The molecule has 1 heterocycles. The number of hydrogen-bond acceptors (Lipinski definition) is 2. The highest BCUT2D eigenvalue weighted by molar-refractivity contribution is 7.89. The van der Waals surface area contributed by atoms with Crippen LogP contribution in [0.25, 0.3) is 0 Å². The zero-order valence-electron chi connectivity index (χ0n) is 11.4. The molecule has 0 aromatic heterocycles. The number of aryl methyl sites for hydroxylation is 1. The largest absolute Gasteiger partial charge is 0.243 e. The molecule has 1 aliphatic heterocycles. The van der Waals surface area contributed by atoms with Crippen LogP contribution < -0.4 is 0 Å². The average molecular weight is 287 g/mol. The molecular weight excluding hydrogens is 270 g/mol. The van der Waals surface area contributed by atoms with Crippen molar-refractivity contribution in [3.8, 4) is 0 Å². The lowest BCUT2D eigenvalue weighted by Gasteiger charge is -2.29. The van der Waals surface area contributed by atoms with Crippen LogP contribution in [0.3, 0.4) is 0 Å². The van der Waals surface area contributed by atoms with Crippen molar-refractivity contribution in [2.24, 2.45) is 0 Å². The molecule has 0 bridgehead atoms. The summed E-state index contributed by atoms with van der Waals surface area (Å²) in [5.74, 6) is 0. The second-order valence-electron chi connectivity index (χ2n) is 5.11. The van der Waals surface area contributed by atoms with Gasteiger partial charge in [-0.25, -0.2) is 8.42 Å². The van der Waals surface area contributed by atoms with E-state index < -0.39 is 10.0 Å². The molecule has 2 aromatic carbocycles. The van der Waals surface area contributed by atoms with E-state index in [9.17, 15) is 8.42 Å². The lowest BCUT2D eigenvalue weighted by atomic mass is 9.97. The van der Waals surface area contributed by atoms with Gasteiger partial charge in [0.2, 0.25) is 10.0 Å². The first-order valence-electron chi connectivity index (χ1n) is 6.71.